The van der Waals surface area contributed by atoms with Crippen molar-refractivity contribution in [2.24, 2.45) is 16.6 Å². The van der Waals surface area contributed by atoms with E-state index in [2.05, 4.69) is 39.9 Å². The van der Waals surface area contributed by atoms with Gasteiger partial charge >= 0.3 is 0 Å². The third kappa shape index (κ3) is 6.39. The molecule has 0 aliphatic rings. The van der Waals surface area contributed by atoms with Crippen LogP contribution in [0.4, 0.5) is 0 Å². The summed E-state index contributed by atoms with van der Waals surface area (Å²) in [7, 11) is 0. The summed E-state index contributed by atoms with van der Waals surface area (Å²) >= 11 is 0. The van der Waals surface area contributed by atoms with Crippen molar-refractivity contribution in [2.45, 2.75) is 47.5 Å². The molecule has 0 spiro atoms. The van der Waals surface area contributed by atoms with Crippen LogP contribution in [0, 0.1) is 10.8 Å². The van der Waals surface area contributed by atoms with Gasteiger partial charge in [0.15, 0.2) is 0 Å². The number of rotatable bonds is 7. The smallest absolute Gasteiger partial charge is 0.000322 e. The minimum absolute atomic E-state index is 0.332. The molecule has 0 atom stereocenters. The van der Waals surface area contributed by atoms with Crippen molar-refractivity contribution in [2.75, 3.05) is 19.6 Å². The molecule has 0 saturated carbocycles. The number of hydrogen-bond donors (Lipinski definition) is 2. The molecule has 2 nitrogen and oxygen atoms in total. The summed E-state index contributed by atoms with van der Waals surface area (Å²) in [4.78, 5) is 0. The SMILES string of the molecule is CCC(C)(C)CNCC(C)(C)CCN. The number of nitrogens with one attached hydrogen (secondary N) is 1. The lowest BCUT2D eigenvalue weighted by Gasteiger charge is -2.28. The van der Waals surface area contributed by atoms with Gasteiger partial charge in [-0.15, -0.1) is 0 Å². The second-order valence-electron chi connectivity index (χ2n) is 5.82. The van der Waals surface area contributed by atoms with Crippen LogP contribution in [0.25, 0.3) is 0 Å². The quantitative estimate of drug-likeness (QED) is 0.662. The lowest BCUT2D eigenvalue weighted by molar-refractivity contribution is 0.271. The third-order valence-corrected chi connectivity index (χ3v) is 2.99. The van der Waals surface area contributed by atoms with Gasteiger partial charge in [0.2, 0.25) is 0 Å². The highest BCUT2D eigenvalue weighted by molar-refractivity contribution is 4.75. The van der Waals surface area contributed by atoms with E-state index in [0.717, 1.165) is 26.1 Å². The highest BCUT2D eigenvalue weighted by Crippen LogP contribution is 2.20. The summed E-state index contributed by atoms with van der Waals surface area (Å²) in [6.07, 6.45) is 2.31. The van der Waals surface area contributed by atoms with Crippen molar-refractivity contribution < 1.29 is 0 Å². The van der Waals surface area contributed by atoms with Crippen LogP contribution in [-0.4, -0.2) is 19.6 Å². The molecule has 0 rings (SSSR count). The maximum atomic E-state index is 5.57. The van der Waals surface area contributed by atoms with Crippen molar-refractivity contribution >= 4 is 0 Å². The van der Waals surface area contributed by atoms with Crippen LogP contribution in [0.2, 0.25) is 0 Å². The van der Waals surface area contributed by atoms with Gasteiger partial charge < -0.3 is 11.1 Å². The first-order chi connectivity index (χ1) is 6.33. The van der Waals surface area contributed by atoms with Gasteiger partial charge in [0, 0.05) is 13.1 Å². The number of hydrogen-bond acceptors (Lipinski definition) is 2. The lowest BCUT2D eigenvalue weighted by atomic mass is 9.87. The van der Waals surface area contributed by atoms with E-state index in [1.165, 1.54) is 6.42 Å². The molecule has 0 aromatic heterocycles. The normalized spacial score (nSPS) is 13.3. The Labute approximate surface area is 89.6 Å². The van der Waals surface area contributed by atoms with Crippen LogP contribution in [0.15, 0.2) is 0 Å². The van der Waals surface area contributed by atoms with E-state index in [9.17, 15) is 0 Å². The maximum Gasteiger partial charge on any atom is 0.000322 e. The Morgan fingerprint density at radius 1 is 1.00 bits per heavy atom. The Hall–Kier alpha value is -0.0800. The molecule has 0 aliphatic heterocycles. The summed E-state index contributed by atoms with van der Waals surface area (Å²) in [5.41, 5.74) is 6.32. The molecule has 0 heterocycles. The summed E-state index contributed by atoms with van der Waals surface area (Å²) in [5, 5.41) is 3.55. The van der Waals surface area contributed by atoms with Gasteiger partial charge in [-0.1, -0.05) is 34.6 Å². The summed E-state index contributed by atoms with van der Waals surface area (Å²) < 4.78 is 0. The minimum atomic E-state index is 0.332. The van der Waals surface area contributed by atoms with Crippen LogP contribution in [-0.2, 0) is 0 Å². The van der Waals surface area contributed by atoms with Crippen molar-refractivity contribution in [3.05, 3.63) is 0 Å². The fourth-order valence-corrected chi connectivity index (χ4v) is 1.34. The van der Waals surface area contributed by atoms with Crippen LogP contribution >= 0.6 is 0 Å². The molecule has 0 unspecified atom stereocenters. The first-order valence-corrected chi connectivity index (χ1v) is 5.74. The lowest BCUT2D eigenvalue weighted by Crippen LogP contribution is -2.36. The molecule has 3 N–H and O–H groups in total. The molecule has 86 valence electrons. The van der Waals surface area contributed by atoms with Crippen molar-refractivity contribution in [3.8, 4) is 0 Å². The van der Waals surface area contributed by atoms with E-state index < -0.39 is 0 Å². The maximum absolute atomic E-state index is 5.57. The molecule has 0 radical (unpaired) electrons. The second kappa shape index (κ2) is 5.72. The van der Waals surface area contributed by atoms with Gasteiger partial charge in [0.25, 0.3) is 0 Å². The zero-order chi connectivity index (χ0) is 11.2. The predicted octanol–water partition coefficient (Wildman–Crippen LogP) is 2.39. The van der Waals surface area contributed by atoms with Crippen LogP contribution in [0.1, 0.15) is 47.5 Å². The Bertz CT molecular complexity index is 150. The zero-order valence-electron chi connectivity index (χ0n) is 10.6. The highest BCUT2D eigenvalue weighted by Gasteiger charge is 2.19. The van der Waals surface area contributed by atoms with Crippen molar-refractivity contribution in [3.63, 3.8) is 0 Å². The number of nitrogens with two attached hydrogens (primary N) is 1. The molecule has 0 amide bonds. The first kappa shape index (κ1) is 13.9. The minimum Gasteiger partial charge on any atom is -0.330 e. The molecule has 14 heavy (non-hydrogen) atoms. The molecular weight excluding hydrogens is 172 g/mol. The molecule has 0 fully saturated rings. The first-order valence-electron chi connectivity index (χ1n) is 5.74. The van der Waals surface area contributed by atoms with Gasteiger partial charge in [-0.05, 0) is 30.2 Å². The van der Waals surface area contributed by atoms with E-state index in [0.29, 0.717) is 10.8 Å². The standard InChI is InChI=1S/C12H28N2/c1-6-11(2,3)9-14-10-12(4,5)7-8-13/h14H,6-10,13H2,1-5H3. The molecule has 2 heteroatoms. The Morgan fingerprint density at radius 3 is 1.93 bits per heavy atom. The van der Waals surface area contributed by atoms with E-state index in [4.69, 9.17) is 5.73 Å². The largest absolute Gasteiger partial charge is 0.330 e. The van der Waals surface area contributed by atoms with Crippen LogP contribution in [0.5, 0.6) is 0 Å². The van der Waals surface area contributed by atoms with E-state index >= 15 is 0 Å². The van der Waals surface area contributed by atoms with E-state index in [1.54, 1.807) is 0 Å². The Kier molecular flexibility index (Phi) is 5.68. The Morgan fingerprint density at radius 2 is 1.50 bits per heavy atom. The van der Waals surface area contributed by atoms with Crippen molar-refractivity contribution in [1.29, 1.82) is 0 Å². The van der Waals surface area contributed by atoms with Gasteiger partial charge in [-0.2, -0.15) is 0 Å². The van der Waals surface area contributed by atoms with E-state index in [1.807, 2.05) is 0 Å². The zero-order valence-corrected chi connectivity index (χ0v) is 10.6. The second-order valence-corrected chi connectivity index (χ2v) is 5.82. The fraction of sp³-hybridized carbons (Fsp3) is 1.00. The van der Waals surface area contributed by atoms with Gasteiger partial charge in [-0.3, -0.25) is 0 Å². The molecule has 0 aromatic rings. The van der Waals surface area contributed by atoms with E-state index in [-0.39, 0.29) is 0 Å². The molecule has 0 aliphatic carbocycles. The Balaban J connectivity index is 3.73. The summed E-state index contributed by atoms with van der Waals surface area (Å²) in [6, 6.07) is 0. The summed E-state index contributed by atoms with van der Waals surface area (Å²) in [5.74, 6) is 0. The molecule has 0 saturated heterocycles. The molecule has 0 aromatic carbocycles. The fourth-order valence-electron chi connectivity index (χ4n) is 1.34. The predicted molar refractivity (Wildman–Crippen MR) is 64.4 cm³/mol. The monoisotopic (exact) mass is 200 g/mol. The average molecular weight is 200 g/mol. The topological polar surface area (TPSA) is 38.0 Å². The van der Waals surface area contributed by atoms with Gasteiger partial charge in [0.05, 0.1) is 0 Å². The highest BCUT2D eigenvalue weighted by atomic mass is 14.9. The molecular formula is C12H28N2. The van der Waals surface area contributed by atoms with Gasteiger partial charge in [0.1, 0.15) is 0 Å². The molecule has 0 bridgehead atoms. The van der Waals surface area contributed by atoms with Crippen LogP contribution in [0.3, 0.4) is 0 Å². The average Bonchev–Trinajstić information content (AvgIpc) is 2.03. The van der Waals surface area contributed by atoms with Gasteiger partial charge in [-0.25, -0.2) is 0 Å². The van der Waals surface area contributed by atoms with Crippen LogP contribution < -0.4 is 11.1 Å². The summed E-state index contributed by atoms with van der Waals surface area (Å²) in [6.45, 7) is 14.3. The van der Waals surface area contributed by atoms with Crippen molar-refractivity contribution in [1.82, 2.24) is 5.32 Å². The third-order valence-electron chi connectivity index (χ3n) is 2.99.